The predicted molar refractivity (Wildman–Crippen MR) is 166 cm³/mol. The van der Waals surface area contributed by atoms with Gasteiger partial charge in [-0.3, -0.25) is 14.0 Å². The molecule has 0 saturated carbocycles. The third-order valence-corrected chi connectivity index (χ3v) is 8.13. The van der Waals surface area contributed by atoms with Crippen molar-refractivity contribution < 1.29 is 37.3 Å². The molecule has 4 rings (SSSR count). The van der Waals surface area contributed by atoms with Gasteiger partial charge in [0.25, 0.3) is 5.56 Å². The second kappa shape index (κ2) is 15.9. The van der Waals surface area contributed by atoms with Gasteiger partial charge in [0, 0.05) is 5.56 Å². The van der Waals surface area contributed by atoms with Gasteiger partial charge < -0.3 is 19.4 Å². The second-order valence-corrected chi connectivity index (χ2v) is 11.2. The van der Waals surface area contributed by atoms with Crippen LogP contribution < -0.4 is 10.3 Å². The SMILES string of the molecule is CC.CCCC(O)CC.COc1ccccc1CCc1cc(C(C)(C)C(=O)O)c(=O)n2c(C(F)(F)F)c(-c3ncco3)sc12. The number of hydrogen-bond acceptors (Lipinski definition) is 7. The van der Waals surface area contributed by atoms with Crippen LogP contribution in [0.1, 0.15) is 83.2 Å². The van der Waals surface area contributed by atoms with Crippen LogP contribution in [0, 0.1) is 0 Å². The fourth-order valence-corrected chi connectivity index (χ4v) is 5.65. The van der Waals surface area contributed by atoms with Crippen molar-refractivity contribution in [2.45, 2.75) is 91.3 Å². The molecule has 0 saturated heterocycles. The van der Waals surface area contributed by atoms with Gasteiger partial charge in [0.2, 0.25) is 5.89 Å². The van der Waals surface area contributed by atoms with Gasteiger partial charge in [-0.05, 0) is 62.8 Å². The number of aryl methyl sites for hydroxylation is 2. The highest BCUT2D eigenvalue weighted by molar-refractivity contribution is 7.21. The number of methoxy groups -OCH3 is 1. The van der Waals surface area contributed by atoms with Crippen molar-refractivity contribution in [2.75, 3.05) is 7.11 Å². The number of hydrogen-bond donors (Lipinski definition) is 2. The Morgan fingerprint density at radius 3 is 2.27 bits per heavy atom. The van der Waals surface area contributed by atoms with Crippen molar-refractivity contribution in [3.8, 4) is 16.5 Å². The molecule has 3 aromatic heterocycles. The van der Waals surface area contributed by atoms with E-state index in [2.05, 4.69) is 11.9 Å². The summed E-state index contributed by atoms with van der Waals surface area (Å²) in [5, 5.41) is 18.6. The molecule has 1 atom stereocenters. The van der Waals surface area contributed by atoms with E-state index in [1.165, 1.54) is 33.2 Å². The summed E-state index contributed by atoms with van der Waals surface area (Å²) in [6.45, 7) is 10.7. The van der Waals surface area contributed by atoms with E-state index < -0.39 is 28.8 Å². The van der Waals surface area contributed by atoms with Gasteiger partial charge >= 0.3 is 12.1 Å². The molecule has 2 N–H and O–H groups in total. The number of ether oxygens (including phenoxy) is 1. The minimum Gasteiger partial charge on any atom is -0.496 e. The first kappa shape index (κ1) is 36.6. The van der Waals surface area contributed by atoms with Crippen LogP contribution in [0.2, 0.25) is 0 Å². The number of rotatable bonds is 10. The maximum Gasteiger partial charge on any atom is 0.433 e. The number of thiazole rings is 1. The highest BCUT2D eigenvalue weighted by Gasteiger charge is 2.42. The molecule has 3 heterocycles. The Morgan fingerprint density at radius 1 is 1.14 bits per heavy atom. The van der Waals surface area contributed by atoms with E-state index >= 15 is 0 Å². The van der Waals surface area contributed by atoms with Crippen LogP contribution in [0.3, 0.4) is 0 Å². The molecule has 1 unspecified atom stereocenters. The molecule has 4 aromatic rings. The van der Waals surface area contributed by atoms with Crippen LogP contribution >= 0.6 is 11.3 Å². The topological polar surface area (TPSA) is 114 Å². The number of nitrogens with zero attached hydrogens (tertiary/aromatic N) is 2. The average molecular weight is 639 g/mol. The number of aliphatic carboxylic acids is 1. The first-order chi connectivity index (χ1) is 20.8. The summed E-state index contributed by atoms with van der Waals surface area (Å²) in [7, 11) is 1.52. The highest BCUT2D eigenvalue weighted by Crippen LogP contribution is 2.43. The maximum absolute atomic E-state index is 14.3. The number of pyridine rings is 1. The number of oxazole rings is 1. The molecule has 0 fully saturated rings. The van der Waals surface area contributed by atoms with E-state index in [1.54, 1.807) is 12.1 Å². The van der Waals surface area contributed by atoms with E-state index in [0.29, 0.717) is 22.1 Å². The van der Waals surface area contributed by atoms with Crippen molar-refractivity contribution >= 4 is 22.1 Å². The molecule has 0 radical (unpaired) electrons. The number of carbonyl (C=O) groups is 1. The average Bonchev–Trinajstić information content (AvgIpc) is 3.67. The van der Waals surface area contributed by atoms with E-state index in [9.17, 15) is 27.9 Å². The van der Waals surface area contributed by atoms with Crippen LogP contribution in [0.5, 0.6) is 5.75 Å². The first-order valence-corrected chi connectivity index (χ1v) is 15.3. The predicted octanol–water partition coefficient (Wildman–Crippen LogP) is 7.77. The quantitative estimate of drug-likeness (QED) is 0.182. The Labute approximate surface area is 259 Å². The molecular weight excluding hydrogens is 597 g/mol. The van der Waals surface area contributed by atoms with Crippen molar-refractivity contribution in [3.63, 3.8) is 0 Å². The number of aliphatic hydroxyl groups is 1. The smallest absolute Gasteiger partial charge is 0.433 e. The monoisotopic (exact) mass is 638 g/mol. The van der Waals surface area contributed by atoms with Crippen LogP contribution in [-0.4, -0.2) is 38.8 Å². The molecule has 1 aromatic carbocycles. The van der Waals surface area contributed by atoms with Gasteiger partial charge in [-0.15, -0.1) is 11.3 Å². The summed E-state index contributed by atoms with van der Waals surface area (Å²) in [6.07, 6.45) is 0.935. The minimum absolute atomic E-state index is 0.0509. The number of fused-ring (bicyclic) bond motifs is 1. The third kappa shape index (κ3) is 8.29. The molecule has 12 heteroatoms. The maximum atomic E-state index is 14.3. The molecule has 0 aliphatic heterocycles. The zero-order valence-electron chi connectivity index (χ0n) is 26.1. The lowest BCUT2D eigenvalue weighted by molar-refractivity contribution is -0.142. The number of alkyl halides is 3. The molecule has 0 aliphatic carbocycles. The highest BCUT2D eigenvalue weighted by atomic mass is 32.1. The van der Waals surface area contributed by atoms with Gasteiger partial charge in [-0.25, -0.2) is 4.98 Å². The van der Waals surface area contributed by atoms with Crippen LogP contribution in [0.4, 0.5) is 13.2 Å². The number of halogens is 3. The van der Waals surface area contributed by atoms with Crippen LogP contribution in [0.15, 0.2) is 52.0 Å². The molecule has 8 nitrogen and oxygen atoms in total. The number of aliphatic hydroxyl groups excluding tert-OH is 1. The van der Waals surface area contributed by atoms with Gasteiger partial charge in [0.05, 0.1) is 24.8 Å². The summed E-state index contributed by atoms with van der Waals surface area (Å²) in [5.74, 6) is -0.993. The normalized spacial score (nSPS) is 12.2. The number of benzene rings is 1. The van der Waals surface area contributed by atoms with Crippen molar-refractivity contribution in [3.05, 3.63) is 75.5 Å². The Balaban J connectivity index is 0.000000661. The molecule has 0 spiro atoms. The standard InChI is InChI=1S/C24H21F3N2O5S.C6H14O.C2H6/c1-23(2,22(31)32)15-12-14(9-8-13-6-4-5-7-16(13)33-3)21-29(20(15)30)18(24(25,26)27)17(35-21)19-28-10-11-34-19;1-3-5-6(7)4-2;1-2/h4-7,10-12H,8-9H2,1-3H3,(H,31,32);6-7H,3-5H2,1-2H3;1-2H3. The second-order valence-electron chi connectivity index (χ2n) is 10.2. The fraction of sp³-hybridized carbons (Fsp3) is 0.469. The summed E-state index contributed by atoms with van der Waals surface area (Å²) in [6, 6.07) is 8.62. The number of para-hydroxylation sites is 1. The van der Waals surface area contributed by atoms with Gasteiger partial charge in [-0.2, -0.15) is 13.2 Å². The van der Waals surface area contributed by atoms with E-state index in [-0.39, 0.29) is 33.7 Å². The van der Waals surface area contributed by atoms with Gasteiger partial charge in [-0.1, -0.05) is 52.3 Å². The molecule has 44 heavy (non-hydrogen) atoms. The Kier molecular flexibility index (Phi) is 13.2. The fourth-order valence-electron chi connectivity index (χ4n) is 4.41. The Morgan fingerprint density at radius 2 is 1.77 bits per heavy atom. The lowest BCUT2D eigenvalue weighted by Gasteiger charge is -2.21. The van der Waals surface area contributed by atoms with E-state index in [4.69, 9.17) is 14.3 Å². The lowest BCUT2D eigenvalue weighted by atomic mass is 9.84. The zero-order valence-corrected chi connectivity index (χ0v) is 26.9. The molecular formula is C32H41F3N2O6S. The molecule has 0 bridgehead atoms. The van der Waals surface area contributed by atoms with Gasteiger partial charge in [0.1, 0.15) is 21.7 Å². The number of carboxylic acids is 1. The lowest BCUT2D eigenvalue weighted by Crippen LogP contribution is -2.37. The van der Waals surface area contributed by atoms with Crippen molar-refractivity contribution in [1.29, 1.82) is 0 Å². The molecule has 0 aliphatic rings. The summed E-state index contributed by atoms with van der Waals surface area (Å²) in [5.41, 5.74) is -3.06. The van der Waals surface area contributed by atoms with Gasteiger partial charge in [0.15, 0.2) is 5.69 Å². The first-order valence-electron chi connectivity index (χ1n) is 14.5. The summed E-state index contributed by atoms with van der Waals surface area (Å²) in [4.78, 5) is 28.9. The zero-order chi connectivity index (χ0) is 33.2. The Hall–Kier alpha value is -3.64. The third-order valence-electron chi connectivity index (χ3n) is 6.92. The Bertz CT molecular complexity index is 1560. The summed E-state index contributed by atoms with van der Waals surface area (Å²) >= 11 is 0.730. The minimum atomic E-state index is -4.93. The van der Waals surface area contributed by atoms with E-state index in [1.807, 2.05) is 32.9 Å². The van der Waals surface area contributed by atoms with E-state index in [0.717, 1.165) is 42.4 Å². The van der Waals surface area contributed by atoms with Crippen molar-refractivity contribution in [2.24, 2.45) is 0 Å². The summed E-state index contributed by atoms with van der Waals surface area (Å²) < 4.78 is 53.9. The largest absolute Gasteiger partial charge is 0.496 e. The molecule has 242 valence electrons. The van der Waals surface area contributed by atoms with Crippen LogP contribution in [0.25, 0.3) is 15.6 Å². The number of carboxylic acid groups (broad SMARTS) is 1. The van der Waals surface area contributed by atoms with Crippen LogP contribution in [-0.2, 0) is 29.2 Å². The molecule has 0 amide bonds. The van der Waals surface area contributed by atoms with Crippen molar-refractivity contribution in [1.82, 2.24) is 9.38 Å². The number of aromatic nitrogens is 2.